The minimum atomic E-state index is -0.908. The molecule has 5 heteroatoms. The Morgan fingerprint density at radius 2 is 2.10 bits per heavy atom. The Kier molecular flexibility index (Phi) is 4.96. The van der Waals surface area contributed by atoms with Crippen LogP contribution in [0.4, 0.5) is 0 Å². The Labute approximate surface area is 124 Å². The molecule has 0 radical (unpaired) electrons. The van der Waals surface area contributed by atoms with E-state index in [1.165, 1.54) is 5.56 Å². The van der Waals surface area contributed by atoms with Crippen LogP contribution in [0.2, 0.25) is 0 Å². The van der Waals surface area contributed by atoms with Gasteiger partial charge in [-0.2, -0.15) is 0 Å². The van der Waals surface area contributed by atoms with Crippen LogP contribution in [-0.2, 0) is 20.7 Å². The average molecular weight is 291 g/mol. The summed E-state index contributed by atoms with van der Waals surface area (Å²) in [6, 6.07) is 5.61. The van der Waals surface area contributed by atoms with E-state index in [9.17, 15) is 9.59 Å². The SMILES string of the molecule is Cc1ccc(CC(=O)N2CCOCC2CC(=O)O)cc1C. The van der Waals surface area contributed by atoms with Crippen LogP contribution in [0.25, 0.3) is 0 Å². The van der Waals surface area contributed by atoms with Crippen molar-refractivity contribution in [2.75, 3.05) is 19.8 Å². The third kappa shape index (κ3) is 4.04. The highest BCUT2D eigenvalue weighted by Gasteiger charge is 2.28. The molecule has 114 valence electrons. The molecule has 1 aliphatic rings. The van der Waals surface area contributed by atoms with Crippen molar-refractivity contribution in [3.8, 4) is 0 Å². The molecule has 1 heterocycles. The molecule has 5 nitrogen and oxygen atoms in total. The fraction of sp³-hybridized carbons (Fsp3) is 0.500. The molecule has 21 heavy (non-hydrogen) atoms. The Hall–Kier alpha value is -1.88. The van der Waals surface area contributed by atoms with Crippen molar-refractivity contribution in [1.29, 1.82) is 0 Å². The molecule has 1 fully saturated rings. The minimum absolute atomic E-state index is 0.0344. The molecule has 1 unspecified atom stereocenters. The number of hydrogen-bond acceptors (Lipinski definition) is 3. The standard InChI is InChI=1S/C16H21NO4/c1-11-3-4-13(7-12(11)2)8-15(18)17-5-6-21-10-14(17)9-16(19)20/h3-4,7,14H,5-6,8-10H2,1-2H3,(H,19,20). The maximum Gasteiger partial charge on any atom is 0.305 e. The van der Waals surface area contributed by atoms with Gasteiger partial charge in [-0.1, -0.05) is 18.2 Å². The highest BCUT2D eigenvalue weighted by Crippen LogP contribution is 2.15. The fourth-order valence-corrected chi connectivity index (χ4v) is 2.54. The Morgan fingerprint density at radius 3 is 2.76 bits per heavy atom. The summed E-state index contributed by atoms with van der Waals surface area (Å²) in [5, 5.41) is 8.93. The summed E-state index contributed by atoms with van der Waals surface area (Å²) in [4.78, 5) is 25.0. The molecule has 1 N–H and O–H groups in total. The number of aryl methyl sites for hydroxylation is 2. The smallest absolute Gasteiger partial charge is 0.305 e. The van der Waals surface area contributed by atoms with Crippen LogP contribution in [0.1, 0.15) is 23.1 Å². The van der Waals surface area contributed by atoms with Gasteiger partial charge < -0.3 is 14.7 Å². The first-order valence-electron chi connectivity index (χ1n) is 7.12. The predicted molar refractivity (Wildman–Crippen MR) is 78.2 cm³/mol. The molecule has 1 amide bonds. The van der Waals surface area contributed by atoms with E-state index in [0.29, 0.717) is 26.2 Å². The Balaban J connectivity index is 2.06. The molecular weight excluding hydrogens is 270 g/mol. The summed E-state index contributed by atoms with van der Waals surface area (Å²) in [6.07, 6.45) is 0.232. The van der Waals surface area contributed by atoms with Crippen molar-refractivity contribution in [1.82, 2.24) is 4.90 Å². The number of aliphatic carboxylic acids is 1. The van der Waals surface area contributed by atoms with Gasteiger partial charge in [0.1, 0.15) is 0 Å². The number of carbonyl (C=O) groups is 2. The van der Waals surface area contributed by atoms with Gasteiger partial charge >= 0.3 is 5.97 Å². The fourth-order valence-electron chi connectivity index (χ4n) is 2.54. The van der Waals surface area contributed by atoms with Gasteiger partial charge in [0.25, 0.3) is 0 Å². The van der Waals surface area contributed by atoms with E-state index in [2.05, 4.69) is 0 Å². The van der Waals surface area contributed by atoms with Gasteiger partial charge in [-0.05, 0) is 30.5 Å². The summed E-state index contributed by atoms with van der Waals surface area (Å²) >= 11 is 0. The second-order valence-corrected chi connectivity index (χ2v) is 5.51. The predicted octanol–water partition coefficient (Wildman–Crippen LogP) is 1.55. The van der Waals surface area contributed by atoms with E-state index < -0.39 is 5.97 Å². The molecule has 0 spiro atoms. The van der Waals surface area contributed by atoms with Crippen molar-refractivity contribution in [2.24, 2.45) is 0 Å². The van der Waals surface area contributed by atoms with E-state index in [1.54, 1.807) is 4.90 Å². The zero-order chi connectivity index (χ0) is 15.4. The largest absolute Gasteiger partial charge is 0.481 e. The summed E-state index contributed by atoms with van der Waals surface area (Å²) in [5.74, 6) is -0.942. The van der Waals surface area contributed by atoms with Crippen LogP contribution in [0.15, 0.2) is 18.2 Å². The Morgan fingerprint density at radius 1 is 1.33 bits per heavy atom. The third-order valence-corrected chi connectivity index (χ3v) is 3.88. The zero-order valence-corrected chi connectivity index (χ0v) is 12.5. The maximum atomic E-state index is 12.4. The van der Waals surface area contributed by atoms with Crippen molar-refractivity contribution in [3.05, 3.63) is 34.9 Å². The molecular formula is C16H21NO4. The van der Waals surface area contributed by atoms with Crippen LogP contribution < -0.4 is 0 Å². The number of morpholine rings is 1. The van der Waals surface area contributed by atoms with Crippen LogP contribution in [0.5, 0.6) is 0 Å². The second kappa shape index (κ2) is 6.72. The molecule has 1 aliphatic heterocycles. The normalized spacial score (nSPS) is 18.6. The van der Waals surface area contributed by atoms with Gasteiger partial charge in [0.2, 0.25) is 5.91 Å². The molecule has 0 aromatic heterocycles. The van der Waals surface area contributed by atoms with Crippen LogP contribution >= 0.6 is 0 Å². The van der Waals surface area contributed by atoms with E-state index >= 15 is 0 Å². The molecule has 1 aromatic rings. The summed E-state index contributed by atoms with van der Waals surface area (Å²) in [6.45, 7) is 5.28. The lowest BCUT2D eigenvalue weighted by Crippen LogP contribution is -2.50. The number of nitrogens with zero attached hydrogens (tertiary/aromatic N) is 1. The van der Waals surface area contributed by atoms with Gasteiger partial charge in [0, 0.05) is 6.54 Å². The molecule has 0 saturated carbocycles. The van der Waals surface area contributed by atoms with Crippen molar-refractivity contribution < 1.29 is 19.4 Å². The van der Waals surface area contributed by atoms with Gasteiger partial charge in [-0.3, -0.25) is 9.59 Å². The topological polar surface area (TPSA) is 66.8 Å². The number of ether oxygens (including phenoxy) is 1. The number of amides is 1. The van der Waals surface area contributed by atoms with Crippen molar-refractivity contribution in [2.45, 2.75) is 32.7 Å². The lowest BCUT2D eigenvalue weighted by molar-refractivity contribution is -0.145. The first-order valence-corrected chi connectivity index (χ1v) is 7.12. The zero-order valence-electron chi connectivity index (χ0n) is 12.5. The van der Waals surface area contributed by atoms with Gasteiger partial charge in [0.15, 0.2) is 0 Å². The number of rotatable bonds is 4. The molecule has 0 aliphatic carbocycles. The minimum Gasteiger partial charge on any atom is -0.481 e. The van der Waals surface area contributed by atoms with E-state index in [-0.39, 0.29) is 18.4 Å². The summed E-state index contributed by atoms with van der Waals surface area (Å²) < 4.78 is 5.29. The molecule has 0 bridgehead atoms. The van der Waals surface area contributed by atoms with E-state index in [4.69, 9.17) is 9.84 Å². The Bertz CT molecular complexity index is 541. The second-order valence-electron chi connectivity index (χ2n) is 5.51. The highest BCUT2D eigenvalue weighted by atomic mass is 16.5. The third-order valence-electron chi connectivity index (χ3n) is 3.88. The molecule has 1 atom stereocenters. The number of hydrogen-bond donors (Lipinski definition) is 1. The summed E-state index contributed by atoms with van der Waals surface area (Å²) in [5.41, 5.74) is 3.31. The van der Waals surface area contributed by atoms with Gasteiger partial charge in [-0.25, -0.2) is 0 Å². The maximum absolute atomic E-state index is 12.4. The molecule has 1 aromatic carbocycles. The number of carbonyl (C=O) groups excluding carboxylic acids is 1. The van der Waals surface area contributed by atoms with Crippen LogP contribution in [0, 0.1) is 13.8 Å². The molecule has 1 saturated heterocycles. The van der Waals surface area contributed by atoms with Crippen molar-refractivity contribution >= 4 is 11.9 Å². The van der Waals surface area contributed by atoms with E-state index in [0.717, 1.165) is 11.1 Å². The first kappa shape index (κ1) is 15.5. The lowest BCUT2D eigenvalue weighted by atomic mass is 10.0. The number of benzene rings is 1. The number of carboxylic acids is 1. The highest BCUT2D eigenvalue weighted by molar-refractivity contribution is 5.80. The van der Waals surface area contributed by atoms with Crippen LogP contribution in [-0.4, -0.2) is 47.7 Å². The van der Waals surface area contributed by atoms with Crippen LogP contribution in [0.3, 0.4) is 0 Å². The quantitative estimate of drug-likeness (QED) is 0.914. The lowest BCUT2D eigenvalue weighted by Gasteiger charge is -2.35. The monoisotopic (exact) mass is 291 g/mol. The molecule has 2 rings (SSSR count). The average Bonchev–Trinajstić information content (AvgIpc) is 2.43. The van der Waals surface area contributed by atoms with E-state index in [1.807, 2.05) is 32.0 Å². The van der Waals surface area contributed by atoms with Crippen molar-refractivity contribution in [3.63, 3.8) is 0 Å². The first-order chi connectivity index (χ1) is 9.97. The van der Waals surface area contributed by atoms with Gasteiger partial charge in [0.05, 0.1) is 32.1 Å². The summed E-state index contributed by atoms with van der Waals surface area (Å²) in [7, 11) is 0. The number of carboxylic acid groups (broad SMARTS) is 1. The van der Waals surface area contributed by atoms with Gasteiger partial charge in [-0.15, -0.1) is 0 Å².